The molecule has 1 fully saturated rings. The molecule has 1 atom stereocenters. The van der Waals surface area contributed by atoms with E-state index in [4.69, 9.17) is 4.74 Å². The summed E-state index contributed by atoms with van der Waals surface area (Å²) in [6.07, 6.45) is 0.874. The number of carboxylic acid groups (broad SMARTS) is 1. The first-order valence-corrected chi connectivity index (χ1v) is 6.19. The quantitative estimate of drug-likeness (QED) is 0.901. The van der Waals surface area contributed by atoms with Crippen molar-refractivity contribution < 1.29 is 14.6 Å². The van der Waals surface area contributed by atoms with E-state index in [0.29, 0.717) is 23.4 Å². The van der Waals surface area contributed by atoms with E-state index in [1.807, 2.05) is 13.0 Å². The van der Waals surface area contributed by atoms with Crippen LogP contribution in [0.5, 0.6) is 0 Å². The molecule has 1 aliphatic heterocycles. The molecular formula is C12H14BrNO3. The third kappa shape index (κ3) is 2.61. The largest absolute Gasteiger partial charge is 0.478 e. The average molecular weight is 300 g/mol. The zero-order valence-electron chi connectivity index (χ0n) is 9.50. The van der Waals surface area contributed by atoms with Crippen LogP contribution in [-0.2, 0) is 4.74 Å². The highest BCUT2D eigenvalue weighted by Crippen LogP contribution is 2.30. The van der Waals surface area contributed by atoms with Crippen LogP contribution >= 0.6 is 15.9 Å². The molecule has 92 valence electrons. The minimum Gasteiger partial charge on any atom is -0.478 e. The molecule has 1 unspecified atom stereocenters. The van der Waals surface area contributed by atoms with Crippen LogP contribution in [-0.4, -0.2) is 29.8 Å². The van der Waals surface area contributed by atoms with Gasteiger partial charge in [0, 0.05) is 11.1 Å². The number of carboxylic acids is 1. The Morgan fingerprint density at radius 2 is 2.35 bits per heavy atom. The first-order chi connectivity index (χ1) is 8.02. The number of rotatable bonds is 3. The predicted molar refractivity (Wildman–Crippen MR) is 68.6 cm³/mol. The minimum atomic E-state index is -0.942. The maximum atomic E-state index is 11.2. The van der Waals surface area contributed by atoms with Gasteiger partial charge in [0.1, 0.15) is 0 Å². The van der Waals surface area contributed by atoms with Crippen molar-refractivity contribution in [2.24, 2.45) is 0 Å². The van der Waals surface area contributed by atoms with Gasteiger partial charge in [-0.1, -0.05) is 6.07 Å². The molecule has 0 aromatic heterocycles. The van der Waals surface area contributed by atoms with Crippen molar-refractivity contribution in [1.82, 2.24) is 0 Å². The number of halogens is 1. The van der Waals surface area contributed by atoms with Crippen molar-refractivity contribution in [2.45, 2.75) is 18.9 Å². The fourth-order valence-electron chi connectivity index (χ4n) is 1.94. The summed E-state index contributed by atoms with van der Waals surface area (Å²) in [5, 5.41) is 12.5. The number of benzene rings is 1. The number of anilines is 1. The Morgan fingerprint density at radius 3 is 2.94 bits per heavy atom. The second kappa shape index (κ2) is 4.66. The van der Waals surface area contributed by atoms with E-state index in [1.54, 1.807) is 12.1 Å². The molecule has 17 heavy (non-hydrogen) atoms. The Labute approximate surface area is 108 Å². The maximum Gasteiger partial charge on any atom is 0.338 e. The van der Waals surface area contributed by atoms with Gasteiger partial charge in [-0.2, -0.15) is 0 Å². The second-order valence-electron chi connectivity index (χ2n) is 4.46. The van der Waals surface area contributed by atoms with Crippen LogP contribution in [0, 0.1) is 0 Å². The summed E-state index contributed by atoms with van der Waals surface area (Å²) < 4.78 is 5.92. The molecule has 5 heteroatoms. The monoisotopic (exact) mass is 299 g/mol. The molecular weight excluding hydrogens is 286 g/mol. The van der Waals surface area contributed by atoms with E-state index in [9.17, 15) is 9.90 Å². The molecule has 0 radical (unpaired) electrons. The van der Waals surface area contributed by atoms with Crippen LogP contribution < -0.4 is 5.32 Å². The summed E-state index contributed by atoms with van der Waals surface area (Å²) >= 11 is 3.26. The summed E-state index contributed by atoms with van der Waals surface area (Å²) in [6, 6.07) is 5.32. The van der Waals surface area contributed by atoms with Crippen molar-refractivity contribution in [2.75, 3.05) is 18.5 Å². The Morgan fingerprint density at radius 1 is 1.59 bits per heavy atom. The van der Waals surface area contributed by atoms with Crippen molar-refractivity contribution >= 4 is 27.6 Å². The molecule has 2 N–H and O–H groups in total. The van der Waals surface area contributed by atoms with Crippen LogP contribution in [0.4, 0.5) is 5.69 Å². The van der Waals surface area contributed by atoms with E-state index in [-0.39, 0.29) is 11.1 Å². The molecule has 0 bridgehead atoms. The van der Waals surface area contributed by atoms with Crippen LogP contribution in [0.25, 0.3) is 0 Å². The third-order valence-electron chi connectivity index (χ3n) is 2.88. The summed E-state index contributed by atoms with van der Waals surface area (Å²) in [5.74, 6) is -0.942. The number of hydrogen-bond donors (Lipinski definition) is 2. The van der Waals surface area contributed by atoms with E-state index in [0.717, 1.165) is 6.42 Å². The first-order valence-electron chi connectivity index (χ1n) is 5.40. The van der Waals surface area contributed by atoms with Gasteiger partial charge in [0.15, 0.2) is 0 Å². The lowest BCUT2D eigenvalue weighted by molar-refractivity contribution is 0.0697. The lowest BCUT2D eigenvalue weighted by atomic mass is 10.0. The van der Waals surface area contributed by atoms with Gasteiger partial charge in [-0.3, -0.25) is 0 Å². The highest BCUT2D eigenvalue weighted by Gasteiger charge is 2.30. The molecule has 0 amide bonds. The molecule has 1 aromatic carbocycles. The second-order valence-corrected chi connectivity index (χ2v) is 5.31. The van der Waals surface area contributed by atoms with Crippen molar-refractivity contribution in [1.29, 1.82) is 0 Å². The Hall–Kier alpha value is -1.07. The van der Waals surface area contributed by atoms with Crippen LogP contribution in [0.3, 0.4) is 0 Å². The highest BCUT2D eigenvalue weighted by molar-refractivity contribution is 9.10. The van der Waals surface area contributed by atoms with E-state index >= 15 is 0 Å². The fourth-order valence-corrected chi connectivity index (χ4v) is 2.47. The lowest BCUT2D eigenvalue weighted by Gasteiger charge is -2.26. The van der Waals surface area contributed by atoms with Crippen molar-refractivity contribution in [3.8, 4) is 0 Å². The summed E-state index contributed by atoms with van der Waals surface area (Å²) in [5.41, 5.74) is 0.700. The SMILES string of the molecule is CC1(Nc2cccc(Br)c2C(=O)O)CCOC1. The van der Waals surface area contributed by atoms with E-state index < -0.39 is 5.97 Å². The standard InChI is InChI=1S/C12H14BrNO3/c1-12(5-6-17-7-12)14-9-4-2-3-8(13)10(9)11(15)16/h2-4,14H,5-7H2,1H3,(H,15,16). The van der Waals surface area contributed by atoms with Crippen molar-refractivity contribution in [3.05, 3.63) is 28.2 Å². The third-order valence-corrected chi connectivity index (χ3v) is 3.54. The predicted octanol–water partition coefficient (Wildman–Crippen LogP) is 2.74. The molecule has 1 aromatic rings. The average Bonchev–Trinajstić information content (AvgIpc) is 2.64. The Bertz CT molecular complexity index is 441. The summed E-state index contributed by atoms with van der Waals surface area (Å²) in [7, 11) is 0. The molecule has 1 aliphatic rings. The van der Waals surface area contributed by atoms with E-state index in [2.05, 4.69) is 21.2 Å². The lowest BCUT2D eigenvalue weighted by Crippen LogP contribution is -2.35. The highest BCUT2D eigenvalue weighted by atomic mass is 79.9. The Kier molecular flexibility index (Phi) is 3.40. The van der Waals surface area contributed by atoms with Gasteiger partial charge in [0.05, 0.1) is 23.4 Å². The maximum absolute atomic E-state index is 11.2. The van der Waals surface area contributed by atoms with Gasteiger partial charge < -0.3 is 15.2 Å². The number of nitrogens with one attached hydrogen (secondary N) is 1. The Balaban J connectivity index is 2.32. The zero-order chi connectivity index (χ0) is 12.5. The van der Waals surface area contributed by atoms with Crippen LogP contribution in [0.15, 0.2) is 22.7 Å². The molecule has 4 nitrogen and oxygen atoms in total. The van der Waals surface area contributed by atoms with Gasteiger partial charge in [0.25, 0.3) is 0 Å². The van der Waals surface area contributed by atoms with Gasteiger partial charge in [-0.15, -0.1) is 0 Å². The van der Waals surface area contributed by atoms with Crippen LogP contribution in [0.1, 0.15) is 23.7 Å². The molecule has 1 heterocycles. The molecule has 0 spiro atoms. The van der Waals surface area contributed by atoms with Gasteiger partial charge in [-0.05, 0) is 41.4 Å². The number of ether oxygens (including phenoxy) is 1. The van der Waals surface area contributed by atoms with Gasteiger partial charge in [-0.25, -0.2) is 4.79 Å². The smallest absolute Gasteiger partial charge is 0.338 e. The zero-order valence-corrected chi connectivity index (χ0v) is 11.1. The van der Waals surface area contributed by atoms with Crippen LogP contribution in [0.2, 0.25) is 0 Å². The first kappa shape index (κ1) is 12.4. The molecule has 2 rings (SSSR count). The molecule has 0 aliphatic carbocycles. The number of hydrogen-bond acceptors (Lipinski definition) is 3. The van der Waals surface area contributed by atoms with E-state index in [1.165, 1.54) is 0 Å². The number of carbonyl (C=O) groups is 1. The normalized spacial score (nSPS) is 23.6. The van der Waals surface area contributed by atoms with Crippen molar-refractivity contribution in [3.63, 3.8) is 0 Å². The molecule has 0 saturated carbocycles. The molecule has 1 saturated heterocycles. The number of aromatic carboxylic acids is 1. The fraction of sp³-hybridized carbons (Fsp3) is 0.417. The van der Waals surface area contributed by atoms with Gasteiger partial charge >= 0.3 is 5.97 Å². The minimum absolute atomic E-state index is 0.189. The summed E-state index contributed by atoms with van der Waals surface area (Å²) in [4.78, 5) is 11.2. The van der Waals surface area contributed by atoms with Gasteiger partial charge in [0.2, 0.25) is 0 Å². The summed E-state index contributed by atoms with van der Waals surface area (Å²) in [6.45, 7) is 3.34. The topological polar surface area (TPSA) is 58.6 Å².